The van der Waals surface area contributed by atoms with E-state index in [2.05, 4.69) is 29.8 Å². The number of nitriles is 1. The van der Waals surface area contributed by atoms with Gasteiger partial charge in [0.05, 0.1) is 5.69 Å². The molecule has 0 saturated heterocycles. The van der Waals surface area contributed by atoms with E-state index in [4.69, 9.17) is 5.26 Å². The van der Waals surface area contributed by atoms with Crippen molar-refractivity contribution >= 4 is 5.69 Å². The number of anilines is 1. The first-order valence-corrected chi connectivity index (χ1v) is 4.43. The minimum atomic E-state index is 0.506. The average Bonchev–Trinajstić information content (AvgIpc) is 2.20. The maximum Gasteiger partial charge on any atom is 0.163 e. The Morgan fingerprint density at radius 2 is 2.15 bits per heavy atom. The van der Waals surface area contributed by atoms with Gasteiger partial charge in [-0.3, -0.25) is 0 Å². The predicted octanol–water partition coefficient (Wildman–Crippen LogP) is 1.80. The number of hydrogen-bond donors (Lipinski definition) is 0. The molecule has 0 fully saturated rings. The van der Waals surface area contributed by atoms with Gasteiger partial charge >= 0.3 is 0 Å². The zero-order valence-corrected chi connectivity index (χ0v) is 7.99. The summed E-state index contributed by atoms with van der Waals surface area (Å²) < 4.78 is 0. The fourth-order valence-corrected chi connectivity index (χ4v) is 1.30. The number of hydrogen-bond acceptors (Lipinski definition) is 3. The van der Waals surface area contributed by atoms with Crippen LogP contribution in [0.4, 0.5) is 5.69 Å². The molecule has 1 rings (SSSR count). The normalized spacial score (nSPS) is 9.31. The van der Waals surface area contributed by atoms with Gasteiger partial charge in [0.2, 0.25) is 0 Å². The van der Waals surface area contributed by atoms with E-state index in [0.717, 1.165) is 18.8 Å². The largest absolute Gasteiger partial charge is 0.370 e. The van der Waals surface area contributed by atoms with Crippen molar-refractivity contribution in [2.45, 2.75) is 13.8 Å². The third kappa shape index (κ3) is 1.97. The van der Waals surface area contributed by atoms with Crippen LogP contribution in [0.3, 0.4) is 0 Å². The van der Waals surface area contributed by atoms with E-state index in [0.29, 0.717) is 5.69 Å². The molecule has 0 N–H and O–H groups in total. The zero-order chi connectivity index (χ0) is 9.68. The van der Waals surface area contributed by atoms with Crippen LogP contribution in [0.2, 0.25) is 0 Å². The van der Waals surface area contributed by atoms with Crippen LogP contribution in [0.1, 0.15) is 19.5 Å². The van der Waals surface area contributed by atoms with Crippen LogP contribution >= 0.6 is 0 Å². The fraction of sp³-hybridized carbons (Fsp3) is 0.400. The molecule has 0 spiro atoms. The molecule has 0 aromatic carbocycles. The van der Waals surface area contributed by atoms with Gasteiger partial charge in [-0.2, -0.15) is 5.26 Å². The first kappa shape index (κ1) is 9.53. The number of aromatic nitrogens is 1. The van der Waals surface area contributed by atoms with E-state index < -0.39 is 0 Å². The molecule has 0 amide bonds. The van der Waals surface area contributed by atoms with Gasteiger partial charge in [-0.15, -0.1) is 0 Å². The Kier molecular flexibility index (Phi) is 3.27. The lowest BCUT2D eigenvalue weighted by Gasteiger charge is -2.21. The molecule has 0 bridgehead atoms. The SMILES string of the molecule is CCN(CC)c1cccnc1C#N. The van der Waals surface area contributed by atoms with Crippen LogP contribution < -0.4 is 4.90 Å². The highest BCUT2D eigenvalue weighted by Crippen LogP contribution is 2.16. The third-order valence-corrected chi connectivity index (χ3v) is 2.00. The summed E-state index contributed by atoms with van der Waals surface area (Å²) in [7, 11) is 0. The number of nitrogens with zero attached hydrogens (tertiary/aromatic N) is 3. The molecule has 1 aromatic heterocycles. The molecule has 0 aliphatic heterocycles. The van der Waals surface area contributed by atoms with Crippen molar-refractivity contribution in [1.29, 1.82) is 5.26 Å². The van der Waals surface area contributed by atoms with Crippen LogP contribution in [0, 0.1) is 11.3 Å². The highest BCUT2D eigenvalue weighted by atomic mass is 15.1. The van der Waals surface area contributed by atoms with Crippen molar-refractivity contribution in [3.63, 3.8) is 0 Å². The second-order valence-electron chi connectivity index (χ2n) is 2.66. The quantitative estimate of drug-likeness (QED) is 0.703. The van der Waals surface area contributed by atoms with Crippen molar-refractivity contribution in [3.8, 4) is 6.07 Å². The molecule has 1 aromatic rings. The van der Waals surface area contributed by atoms with E-state index >= 15 is 0 Å². The van der Waals surface area contributed by atoms with E-state index in [1.807, 2.05) is 12.1 Å². The lowest BCUT2D eigenvalue weighted by atomic mass is 10.2. The summed E-state index contributed by atoms with van der Waals surface area (Å²) in [6.45, 7) is 5.93. The monoisotopic (exact) mass is 175 g/mol. The molecular weight excluding hydrogens is 162 g/mol. The van der Waals surface area contributed by atoms with Crippen LogP contribution in [-0.2, 0) is 0 Å². The van der Waals surface area contributed by atoms with Crippen molar-refractivity contribution in [3.05, 3.63) is 24.0 Å². The molecule has 0 atom stereocenters. The number of rotatable bonds is 3. The molecule has 13 heavy (non-hydrogen) atoms. The van der Waals surface area contributed by atoms with Gasteiger partial charge in [-0.25, -0.2) is 4.98 Å². The van der Waals surface area contributed by atoms with E-state index in [1.165, 1.54) is 0 Å². The average molecular weight is 175 g/mol. The van der Waals surface area contributed by atoms with Crippen molar-refractivity contribution < 1.29 is 0 Å². The summed E-state index contributed by atoms with van der Waals surface area (Å²) in [5.41, 5.74) is 1.43. The minimum Gasteiger partial charge on any atom is -0.370 e. The van der Waals surface area contributed by atoms with E-state index in [9.17, 15) is 0 Å². The van der Waals surface area contributed by atoms with Gasteiger partial charge in [-0.05, 0) is 26.0 Å². The fourth-order valence-electron chi connectivity index (χ4n) is 1.30. The van der Waals surface area contributed by atoms with Crippen LogP contribution in [0.5, 0.6) is 0 Å². The molecular formula is C10H13N3. The Hall–Kier alpha value is -1.56. The second-order valence-corrected chi connectivity index (χ2v) is 2.66. The third-order valence-electron chi connectivity index (χ3n) is 2.00. The van der Waals surface area contributed by atoms with Gasteiger partial charge in [0.15, 0.2) is 5.69 Å². The lowest BCUT2D eigenvalue weighted by molar-refractivity contribution is 0.860. The summed E-state index contributed by atoms with van der Waals surface area (Å²) in [6, 6.07) is 5.88. The van der Waals surface area contributed by atoms with Gasteiger partial charge in [-0.1, -0.05) is 0 Å². The molecule has 1 heterocycles. The molecule has 68 valence electrons. The Morgan fingerprint density at radius 3 is 2.69 bits per heavy atom. The Labute approximate surface area is 78.6 Å². The summed E-state index contributed by atoms with van der Waals surface area (Å²) in [4.78, 5) is 6.13. The van der Waals surface area contributed by atoms with Crippen molar-refractivity contribution in [2.75, 3.05) is 18.0 Å². The maximum absolute atomic E-state index is 8.82. The zero-order valence-electron chi connectivity index (χ0n) is 7.99. The molecule has 0 saturated carbocycles. The van der Waals surface area contributed by atoms with Gasteiger partial charge in [0.1, 0.15) is 6.07 Å². The highest BCUT2D eigenvalue weighted by molar-refractivity contribution is 5.55. The second kappa shape index (κ2) is 4.46. The molecule has 0 aliphatic rings. The van der Waals surface area contributed by atoms with Crippen LogP contribution in [-0.4, -0.2) is 18.1 Å². The topological polar surface area (TPSA) is 39.9 Å². The molecule has 0 aliphatic carbocycles. The molecule has 0 radical (unpaired) electrons. The Morgan fingerprint density at radius 1 is 1.46 bits per heavy atom. The predicted molar refractivity (Wildman–Crippen MR) is 52.5 cm³/mol. The van der Waals surface area contributed by atoms with Crippen molar-refractivity contribution in [1.82, 2.24) is 4.98 Å². The summed E-state index contributed by atoms with van der Waals surface area (Å²) >= 11 is 0. The van der Waals surface area contributed by atoms with Gasteiger partial charge < -0.3 is 4.90 Å². The molecule has 0 unspecified atom stereocenters. The highest BCUT2D eigenvalue weighted by Gasteiger charge is 2.07. The maximum atomic E-state index is 8.82. The number of pyridine rings is 1. The minimum absolute atomic E-state index is 0.506. The summed E-state index contributed by atoms with van der Waals surface area (Å²) in [6.07, 6.45) is 1.64. The van der Waals surface area contributed by atoms with Crippen LogP contribution in [0.15, 0.2) is 18.3 Å². The van der Waals surface area contributed by atoms with Crippen LogP contribution in [0.25, 0.3) is 0 Å². The Balaban J connectivity index is 3.05. The van der Waals surface area contributed by atoms with Gasteiger partial charge in [0.25, 0.3) is 0 Å². The first-order chi connectivity index (χ1) is 6.33. The lowest BCUT2D eigenvalue weighted by Crippen LogP contribution is -2.23. The first-order valence-electron chi connectivity index (χ1n) is 4.43. The standard InChI is InChI=1S/C10H13N3/c1-3-13(4-2)10-6-5-7-12-9(10)8-11/h5-7H,3-4H2,1-2H3. The summed E-state index contributed by atoms with van der Waals surface area (Å²) in [5, 5.41) is 8.82. The summed E-state index contributed by atoms with van der Waals surface area (Å²) in [5.74, 6) is 0. The van der Waals surface area contributed by atoms with E-state index in [1.54, 1.807) is 6.20 Å². The van der Waals surface area contributed by atoms with E-state index in [-0.39, 0.29) is 0 Å². The molecule has 3 heteroatoms. The van der Waals surface area contributed by atoms with Gasteiger partial charge in [0, 0.05) is 19.3 Å². The smallest absolute Gasteiger partial charge is 0.163 e. The van der Waals surface area contributed by atoms with Crippen molar-refractivity contribution in [2.24, 2.45) is 0 Å². The Bertz CT molecular complexity index is 310. The molecule has 3 nitrogen and oxygen atoms in total.